The first kappa shape index (κ1) is 13.7. The fourth-order valence-electron chi connectivity index (χ4n) is 2.27. The fraction of sp³-hybridized carbons (Fsp3) is 0.500. The van der Waals surface area contributed by atoms with Crippen LogP contribution in [0.2, 0.25) is 0 Å². The Morgan fingerprint density at radius 2 is 2.16 bits per heavy atom. The molecule has 1 heterocycles. The Labute approximate surface area is 113 Å². The molecule has 5 nitrogen and oxygen atoms in total. The van der Waals surface area contributed by atoms with Gasteiger partial charge in [-0.3, -0.25) is 4.90 Å². The summed E-state index contributed by atoms with van der Waals surface area (Å²) < 4.78 is 5.71. The maximum absolute atomic E-state index is 11.0. The number of rotatable bonds is 6. The van der Waals surface area contributed by atoms with Gasteiger partial charge in [-0.05, 0) is 44.1 Å². The Hall–Kier alpha value is -1.75. The lowest BCUT2D eigenvalue weighted by Crippen LogP contribution is -2.25. The number of carbonyl (C=O) groups is 1. The van der Waals surface area contributed by atoms with Gasteiger partial charge in [0, 0.05) is 13.6 Å². The maximum atomic E-state index is 11.0. The molecule has 0 amide bonds. The van der Waals surface area contributed by atoms with E-state index < -0.39 is 5.97 Å². The van der Waals surface area contributed by atoms with E-state index in [4.69, 9.17) is 9.84 Å². The third-order valence-electron chi connectivity index (χ3n) is 3.36. The predicted octanol–water partition coefficient (Wildman–Crippen LogP) is 1.90. The highest BCUT2D eigenvalue weighted by molar-refractivity contribution is 5.89. The van der Waals surface area contributed by atoms with Gasteiger partial charge in [-0.25, -0.2) is 4.79 Å². The number of anilines is 1. The van der Waals surface area contributed by atoms with Crippen molar-refractivity contribution in [3.8, 4) is 5.75 Å². The summed E-state index contributed by atoms with van der Waals surface area (Å²) in [6, 6.07) is 4.87. The maximum Gasteiger partial charge on any atom is 0.335 e. The molecule has 5 heteroatoms. The van der Waals surface area contributed by atoms with Crippen LogP contribution in [0.25, 0.3) is 0 Å². The Morgan fingerprint density at radius 3 is 2.79 bits per heavy atom. The summed E-state index contributed by atoms with van der Waals surface area (Å²) in [4.78, 5) is 13.3. The second-order valence-electron chi connectivity index (χ2n) is 4.66. The second-order valence-corrected chi connectivity index (χ2v) is 4.66. The number of carboxylic acids is 1. The number of hydrogen-bond donors (Lipinski definition) is 2. The van der Waals surface area contributed by atoms with E-state index in [0.29, 0.717) is 12.4 Å². The molecule has 1 aromatic carbocycles. The average molecular weight is 264 g/mol. The first-order valence-corrected chi connectivity index (χ1v) is 6.61. The van der Waals surface area contributed by atoms with Gasteiger partial charge in [-0.15, -0.1) is 0 Å². The van der Waals surface area contributed by atoms with Gasteiger partial charge in [-0.1, -0.05) is 0 Å². The standard InChI is InChI=1S/C14H20N2O3/c1-15-12-5-4-11(14(17)18)10-13(12)19-9-8-16-6-2-3-7-16/h4-5,10,15H,2-3,6-9H2,1H3,(H,17,18). The molecule has 2 rings (SSSR count). The van der Waals surface area contributed by atoms with Crippen LogP contribution in [0.4, 0.5) is 5.69 Å². The third-order valence-corrected chi connectivity index (χ3v) is 3.36. The molecule has 0 unspecified atom stereocenters. The van der Waals surface area contributed by atoms with Crippen molar-refractivity contribution in [2.45, 2.75) is 12.8 Å². The summed E-state index contributed by atoms with van der Waals surface area (Å²) in [5.74, 6) is -0.339. The number of carboxylic acid groups (broad SMARTS) is 1. The molecule has 1 aliphatic rings. The summed E-state index contributed by atoms with van der Waals surface area (Å²) >= 11 is 0. The number of ether oxygens (including phenoxy) is 1. The number of hydrogen-bond acceptors (Lipinski definition) is 4. The predicted molar refractivity (Wildman–Crippen MR) is 74.1 cm³/mol. The molecule has 1 saturated heterocycles. The van der Waals surface area contributed by atoms with Crippen LogP contribution in [-0.4, -0.2) is 49.3 Å². The molecule has 104 valence electrons. The molecule has 19 heavy (non-hydrogen) atoms. The summed E-state index contributed by atoms with van der Waals surface area (Å²) in [5, 5.41) is 12.0. The summed E-state index contributed by atoms with van der Waals surface area (Å²) in [6.45, 7) is 3.74. The molecule has 2 N–H and O–H groups in total. The van der Waals surface area contributed by atoms with E-state index in [0.717, 1.165) is 25.3 Å². The first-order valence-electron chi connectivity index (χ1n) is 6.61. The van der Waals surface area contributed by atoms with Crippen LogP contribution in [0, 0.1) is 0 Å². The highest BCUT2D eigenvalue weighted by Gasteiger charge is 2.12. The van der Waals surface area contributed by atoms with E-state index in [1.165, 1.54) is 12.8 Å². The van der Waals surface area contributed by atoms with Crippen molar-refractivity contribution < 1.29 is 14.6 Å². The zero-order valence-corrected chi connectivity index (χ0v) is 11.2. The topological polar surface area (TPSA) is 61.8 Å². The molecular weight excluding hydrogens is 244 g/mol. The minimum Gasteiger partial charge on any atom is -0.490 e. The van der Waals surface area contributed by atoms with Crippen LogP contribution in [0.3, 0.4) is 0 Å². The minimum absolute atomic E-state index is 0.246. The highest BCUT2D eigenvalue weighted by Crippen LogP contribution is 2.25. The van der Waals surface area contributed by atoms with Crippen LogP contribution in [0.5, 0.6) is 5.75 Å². The lowest BCUT2D eigenvalue weighted by molar-refractivity contribution is 0.0696. The van der Waals surface area contributed by atoms with Crippen LogP contribution in [0.1, 0.15) is 23.2 Å². The average Bonchev–Trinajstić information content (AvgIpc) is 2.91. The molecular formula is C14H20N2O3. The Morgan fingerprint density at radius 1 is 1.42 bits per heavy atom. The lowest BCUT2D eigenvalue weighted by Gasteiger charge is -2.16. The second kappa shape index (κ2) is 6.43. The molecule has 0 radical (unpaired) electrons. The fourth-order valence-corrected chi connectivity index (χ4v) is 2.27. The molecule has 0 bridgehead atoms. The monoisotopic (exact) mass is 264 g/mol. The highest BCUT2D eigenvalue weighted by atomic mass is 16.5. The van der Waals surface area contributed by atoms with Gasteiger partial charge in [0.15, 0.2) is 0 Å². The summed E-state index contributed by atoms with van der Waals surface area (Å²) in [6.07, 6.45) is 2.52. The number of aromatic carboxylic acids is 1. The van der Waals surface area contributed by atoms with E-state index in [2.05, 4.69) is 10.2 Å². The van der Waals surface area contributed by atoms with E-state index in [1.807, 2.05) is 0 Å². The van der Waals surface area contributed by atoms with Crippen molar-refractivity contribution in [2.24, 2.45) is 0 Å². The summed E-state index contributed by atoms with van der Waals surface area (Å²) in [5.41, 5.74) is 1.06. The minimum atomic E-state index is -0.938. The normalized spacial score (nSPS) is 15.4. The first-order chi connectivity index (χ1) is 9.20. The van der Waals surface area contributed by atoms with Gasteiger partial charge in [0.1, 0.15) is 12.4 Å². The van der Waals surface area contributed by atoms with Crippen LogP contribution in [0.15, 0.2) is 18.2 Å². The van der Waals surface area contributed by atoms with E-state index in [9.17, 15) is 4.79 Å². The molecule has 0 aliphatic carbocycles. The lowest BCUT2D eigenvalue weighted by atomic mass is 10.2. The number of nitrogens with zero attached hydrogens (tertiary/aromatic N) is 1. The van der Waals surface area contributed by atoms with E-state index >= 15 is 0 Å². The van der Waals surface area contributed by atoms with Crippen molar-refractivity contribution in [2.75, 3.05) is 38.6 Å². The number of likely N-dealkylation sites (tertiary alicyclic amines) is 1. The van der Waals surface area contributed by atoms with Crippen molar-refractivity contribution in [1.29, 1.82) is 0 Å². The third kappa shape index (κ3) is 3.61. The van der Waals surface area contributed by atoms with Crippen molar-refractivity contribution in [3.63, 3.8) is 0 Å². The molecule has 1 aliphatic heterocycles. The molecule has 0 aromatic heterocycles. The molecule has 1 aromatic rings. The molecule has 0 saturated carbocycles. The van der Waals surface area contributed by atoms with Gasteiger partial charge in [-0.2, -0.15) is 0 Å². The number of nitrogens with one attached hydrogen (secondary N) is 1. The largest absolute Gasteiger partial charge is 0.490 e. The zero-order chi connectivity index (χ0) is 13.7. The Bertz CT molecular complexity index is 442. The smallest absolute Gasteiger partial charge is 0.335 e. The van der Waals surface area contributed by atoms with Gasteiger partial charge >= 0.3 is 5.97 Å². The van der Waals surface area contributed by atoms with Gasteiger partial charge in [0.05, 0.1) is 11.3 Å². The Kier molecular flexibility index (Phi) is 4.63. The van der Waals surface area contributed by atoms with Crippen molar-refractivity contribution in [1.82, 2.24) is 4.90 Å². The SMILES string of the molecule is CNc1ccc(C(=O)O)cc1OCCN1CCCC1. The summed E-state index contributed by atoms with van der Waals surface area (Å²) in [7, 11) is 1.79. The van der Waals surface area contributed by atoms with Crippen LogP contribution in [-0.2, 0) is 0 Å². The zero-order valence-electron chi connectivity index (χ0n) is 11.2. The van der Waals surface area contributed by atoms with Crippen LogP contribution < -0.4 is 10.1 Å². The molecule has 0 spiro atoms. The Balaban J connectivity index is 1.96. The molecule has 0 atom stereocenters. The van der Waals surface area contributed by atoms with E-state index in [1.54, 1.807) is 25.2 Å². The van der Waals surface area contributed by atoms with Gasteiger partial charge in [0.25, 0.3) is 0 Å². The molecule has 1 fully saturated rings. The quantitative estimate of drug-likeness (QED) is 0.821. The van der Waals surface area contributed by atoms with Crippen molar-refractivity contribution >= 4 is 11.7 Å². The van der Waals surface area contributed by atoms with Gasteiger partial charge < -0.3 is 15.2 Å². The van der Waals surface area contributed by atoms with Crippen LogP contribution >= 0.6 is 0 Å². The number of benzene rings is 1. The van der Waals surface area contributed by atoms with Gasteiger partial charge in [0.2, 0.25) is 0 Å². The van der Waals surface area contributed by atoms with Crippen molar-refractivity contribution in [3.05, 3.63) is 23.8 Å². The van der Waals surface area contributed by atoms with E-state index in [-0.39, 0.29) is 5.56 Å².